The molecule has 12 nitrogen and oxygen atoms in total. The lowest BCUT2D eigenvalue weighted by atomic mass is 9.96. The van der Waals surface area contributed by atoms with E-state index in [4.69, 9.17) is 0 Å². The number of nitrogens with zero attached hydrogens (tertiary/aromatic N) is 10. The minimum atomic E-state index is -5.68. The van der Waals surface area contributed by atoms with E-state index in [0.717, 1.165) is 6.08 Å². The quantitative estimate of drug-likeness (QED) is 0.264. The van der Waals surface area contributed by atoms with Crippen molar-refractivity contribution in [2.45, 2.75) is 12.7 Å². The second kappa shape index (κ2) is 8.72. The number of hydrogen-bond acceptors (Lipinski definition) is 12. The fourth-order valence-corrected chi connectivity index (χ4v) is 4.19. The molecule has 0 saturated carbocycles. The molecular formula is C22H2F6N10O2. The molecule has 0 bridgehead atoms. The molecule has 18 heteroatoms. The first kappa shape index (κ1) is 25.5. The van der Waals surface area contributed by atoms with Crippen LogP contribution in [0.15, 0.2) is 0 Å². The Labute approximate surface area is 214 Å². The van der Waals surface area contributed by atoms with Crippen LogP contribution in [0.3, 0.4) is 0 Å². The average Bonchev–Trinajstić information content (AvgIpc) is 3.46. The van der Waals surface area contributed by atoms with Crippen LogP contribution >= 0.6 is 0 Å². The molecule has 3 aromatic rings. The van der Waals surface area contributed by atoms with E-state index in [2.05, 4.69) is 40.3 Å². The molecule has 0 amide bonds. The smallest absolute Gasteiger partial charge is 0.401 e. The normalized spacial score (nSPS) is 12.1. The Balaban J connectivity index is 2.11. The van der Waals surface area contributed by atoms with E-state index >= 15 is 0 Å². The lowest BCUT2D eigenvalue weighted by molar-refractivity contribution is -0.287. The molecule has 0 saturated heterocycles. The molecule has 40 heavy (non-hydrogen) atoms. The molecule has 0 fully saturated rings. The number of fused-ring (bicyclic) bond motifs is 7. The maximum Gasteiger partial charge on any atom is 0.573 e. The lowest BCUT2D eigenvalue weighted by Crippen LogP contribution is -2.37. The molecule has 2 aliphatic rings. The second-order valence-corrected chi connectivity index (χ2v) is 7.62. The third-order valence-electron chi connectivity index (χ3n) is 5.49. The number of aromatic nitrogens is 6. The van der Waals surface area contributed by atoms with E-state index in [1.165, 1.54) is 30.4 Å². The third-order valence-corrected chi connectivity index (χ3v) is 5.49. The van der Waals surface area contributed by atoms with Gasteiger partial charge in [0.05, 0.1) is 5.22 Å². The molecule has 0 radical (unpaired) electrons. The Hall–Kier alpha value is -6.14. The first-order chi connectivity index (χ1) is 18.9. The second-order valence-electron chi connectivity index (χ2n) is 7.62. The summed E-state index contributed by atoms with van der Waals surface area (Å²) in [6.45, 7) is 0. The van der Waals surface area contributed by atoms with Gasteiger partial charge < -0.3 is 9.47 Å². The van der Waals surface area contributed by atoms with Gasteiger partial charge in [-0.3, -0.25) is 0 Å². The van der Waals surface area contributed by atoms with Crippen LogP contribution in [0.4, 0.5) is 26.3 Å². The minimum absolute atomic E-state index is 0.0399. The third kappa shape index (κ3) is 3.93. The van der Waals surface area contributed by atoms with Crippen molar-refractivity contribution >= 4 is 23.3 Å². The summed E-state index contributed by atoms with van der Waals surface area (Å²) in [5, 5.41) is 58.5. The minimum Gasteiger partial charge on any atom is -0.401 e. The highest BCUT2D eigenvalue weighted by Gasteiger charge is 2.41. The molecule has 0 unspecified atom stereocenters. The first-order valence-corrected chi connectivity index (χ1v) is 10.2. The molecule has 2 aliphatic carbocycles. The zero-order valence-electron chi connectivity index (χ0n) is 18.7. The van der Waals surface area contributed by atoms with Crippen molar-refractivity contribution < 1.29 is 35.8 Å². The maximum absolute atomic E-state index is 13.6. The van der Waals surface area contributed by atoms with Gasteiger partial charge in [-0.05, 0) is 22.6 Å². The topological polar surface area (TPSA) is 191 Å². The Bertz CT molecular complexity index is 2060. The molecule has 0 atom stereocenters. The average molecular weight is 552 g/mol. The zero-order valence-corrected chi connectivity index (χ0v) is 18.7. The van der Waals surface area contributed by atoms with Crippen LogP contribution in [0.1, 0.15) is 11.3 Å². The summed E-state index contributed by atoms with van der Waals surface area (Å²) in [4.78, 5) is 0. The van der Waals surface area contributed by atoms with E-state index in [1.54, 1.807) is 0 Å². The van der Waals surface area contributed by atoms with E-state index in [-0.39, 0.29) is 33.2 Å². The van der Waals surface area contributed by atoms with Crippen molar-refractivity contribution in [1.29, 1.82) is 21.0 Å². The highest BCUT2D eigenvalue weighted by Crippen LogP contribution is 2.41. The van der Waals surface area contributed by atoms with Gasteiger partial charge in [-0.2, -0.15) is 21.0 Å². The molecule has 5 rings (SSSR count). The zero-order chi connectivity index (χ0) is 29.0. The van der Waals surface area contributed by atoms with E-state index < -0.39 is 56.9 Å². The van der Waals surface area contributed by atoms with Crippen molar-refractivity contribution in [3.63, 3.8) is 0 Å². The first-order valence-electron chi connectivity index (χ1n) is 10.2. The van der Waals surface area contributed by atoms with Crippen LogP contribution in [-0.2, 0) is 0 Å². The number of alkyl halides is 6. The van der Waals surface area contributed by atoms with Gasteiger partial charge in [0.25, 0.3) is 0 Å². The van der Waals surface area contributed by atoms with Gasteiger partial charge in [0.15, 0.2) is 11.5 Å². The fraction of sp³-hybridized carbons (Fsp3) is 0.0909. The summed E-state index contributed by atoms with van der Waals surface area (Å²) < 4.78 is 89.0. The van der Waals surface area contributed by atoms with Crippen LogP contribution in [0.25, 0.3) is 45.9 Å². The summed E-state index contributed by atoms with van der Waals surface area (Å²) in [6.07, 6.45) is -9.01. The predicted octanol–water partition coefficient (Wildman–Crippen LogP) is -0.132. The van der Waals surface area contributed by atoms with Gasteiger partial charge in [0.1, 0.15) is 58.2 Å². The number of benzene rings is 1. The number of nitriles is 4. The van der Waals surface area contributed by atoms with Crippen molar-refractivity contribution in [1.82, 2.24) is 30.8 Å². The van der Waals surface area contributed by atoms with Gasteiger partial charge in [0, 0.05) is 26.8 Å². The fourth-order valence-electron chi connectivity index (χ4n) is 4.19. The van der Waals surface area contributed by atoms with Gasteiger partial charge in [-0.15, -0.1) is 46.7 Å². The molecule has 0 aliphatic heterocycles. The standard InChI is InChI=1S/C22H2F6N10O2/c23-21(24,25)39-19-11-1-9-10-2-12-18(36-38-37-33-12)17(10)35-34-16(9)15(11)13(7(3-29)4-30)14(8(5-31)6-32)20(19)40-22(26,27)28/h1-2H. The molecule has 0 N–H and O–H groups in total. The van der Waals surface area contributed by atoms with E-state index in [0.29, 0.717) is 0 Å². The van der Waals surface area contributed by atoms with Crippen molar-refractivity contribution in [3.05, 3.63) is 32.1 Å². The van der Waals surface area contributed by atoms with Gasteiger partial charge >= 0.3 is 12.7 Å². The summed E-state index contributed by atoms with van der Waals surface area (Å²) in [5.41, 5.74) is -3.56. The monoisotopic (exact) mass is 552 g/mol. The van der Waals surface area contributed by atoms with E-state index in [1.807, 2.05) is 0 Å². The highest BCUT2D eigenvalue weighted by molar-refractivity contribution is 5.93. The molecule has 0 spiro atoms. The van der Waals surface area contributed by atoms with Crippen LogP contribution in [0, 0.1) is 45.3 Å². The van der Waals surface area contributed by atoms with Crippen LogP contribution in [0.2, 0.25) is 0 Å². The Morgan fingerprint density at radius 1 is 0.625 bits per heavy atom. The molecule has 2 heterocycles. The Kier molecular flexibility index (Phi) is 5.56. The summed E-state index contributed by atoms with van der Waals surface area (Å²) in [6, 6.07) is 5.33. The van der Waals surface area contributed by atoms with Crippen molar-refractivity contribution in [2.24, 2.45) is 0 Å². The van der Waals surface area contributed by atoms with Crippen LogP contribution < -0.4 is 30.3 Å². The molecule has 2 aromatic heterocycles. The summed E-state index contributed by atoms with van der Waals surface area (Å²) in [7, 11) is 0. The van der Waals surface area contributed by atoms with Crippen LogP contribution in [0.5, 0.6) is 11.5 Å². The number of hydrogen-bond donors (Lipinski definition) is 0. The Morgan fingerprint density at radius 2 is 1.15 bits per heavy atom. The van der Waals surface area contributed by atoms with Crippen LogP contribution in [-0.4, -0.2) is 43.5 Å². The summed E-state index contributed by atoms with van der Waals surface area (Å²) in [5.74, 6) is -3.39. The predicted molar refractivity (Wildman–Crippen MR) is 112 cm³/mol. The van der Waals surface area contributed by atoms with Gasteiger partial charge in [-0.25, -0.2) is 0 Å². The Morgan fingerprint density at radius 3 is 1.75 bits per heavy atom. The van der Waals surface area contributed by atoms with Crippen molar-refractivity contribution in [3.8, 4) is 58.4 Å². The summed E-state index contributed by atoms with van der Waals surface area (Å²) >= 11 is 0. The maximum atomic E-state index is 13.6. The van der Waals surface area contributed by atoms with Gasteiger partial charge in [-0.1, -0.05) is 0 Å². The largest absolute Gasteiger partial charge is 0.573 e. The molecule has 1 aromatic carbocycles. The lowest BCUT2D eigenvalue weighted by Gasteiger charge is -2.19. The highest BCUT2D eigenvalue weighted by atomic mass is 19.4. The van der Waals surface area contributed by atoms with Crippen molar-refractivity contribution in [2.75, 3.05) is 0 Å². The number of halogens is 6. The SMILES string of the molecule is N#CC(C#N)=c1c(OC(F)(F)F)c(OC(F)(F)F)c2c(c1=C(C#N)C#N)-c1nnc3c(c1=C2)=Cc1nnnnc1-3. The molecular weight excluding hydrogens is 550 g/mol. The van der Waals surface area contributed by atoms with Gasteiger partial charge in [0.2, 0.25) is 0 Å². The number of ether oxygens (including phenoxy) is 2. The van der Waals surface area contributed by atoms with E-state index in [9.17, 15) is 47.4 Å². The molecule has 194 valence electrons. The number of rotatable bonds is 2.